The van der Waals surface area contributed by atoms with Crippen LogP contribution in [0.25, 0.3) is 0 Å². The van der Waals surface area contributed by atoms with Crippen LogP contribution in [0.3, 0.4) is 0 Å². The van der Waals surface area contributed by atoms with Crippen molar-refractivity contribution in [2.45, 2.75) is 51.0 Å². The van der Waals surface area contributed by atoms with E-state index in [1.807, 2.05) is 0 Å². The molecule has 1 saturated heterocycles. The Kier molecular flexibility index (Phi) is 5.10. The summed E-state index contributed by atoms with van der Waals surface area (Å²) in [5.74, 6) is 0.549. The Morgan fingerprint density at radius 3 is 2.53 bits per heavy atom. The first-order valence-corrected chi connectivity index (χ1v) is 6.98. The van der Waals surface area contributed by atoms with Crippen molar-refractivity contribution in [3.05, 3.63) is 0 Å². The summed E-state index contributed by atoms with van der Waals surface area (Å²) in [5.41, 5.74) is 0. The van der Waals surface area contributed by atoms with Gasteiger partial charge in [0.1, 0.15) is 0 Å². The van der Waals surface area contributed by atoms with Crippen LogP contribution in [-0.2, 0) is 4.74 Å². The molecule has 1 saturated carbocycles. The summed E-state index contributed by atoms with van der Waals surface area (Å²) in [6, 6.07) is 0.351. The third-order valence-corrected chi connectivity index (χ3v) is 3.84. The molecule has 0 aromatic rings. The number of carbonyl (C=O) groups is 1. The highest BCUT2D eigenvalue weighted by atomic mass is 16.5. The predicted molar refractivity (Wildman–Crippen MR) is 67.0 cm³/mol. The highest BCUT2D eigenvalue weighted by Crippen LogP contribution is 2.17. The summed E-state index contributed by atoms with van der Waals surface area (Å²) in [6.45, 7) is 2.69. The SMILES string of the molecule is O=C(NC1CCCCC1)OCC1CCNCC1. The molecular formula is C13H24N2O2. The van der Waals surface area contributed by atoms with Gasteiger partial charge >= 0.3 is 6.09 Å². The number of piperidine rings is 1. The van der Waals surface area contributed by atoms with Gasteiger partial charge in [-0.05, 0) is 44.7 Å². The third kappa shape index (κ3) is 4.54. The number of ether oxygens (including phenoxy) is 1. The van der Waals surface area contributed by atoms with Crippen LogP contribution in [-0.4, -0.2) is 31.8 Å². The van der Waals surface area contributed by atoms with E-state index in [-0.39, 0.29) is 6.09 Å². The largest absolute Gasteiger partial charge is 0.449 e. The van der Waals surface area contributed by atoms with Crippen LogP contribution < -0.4 is 10.6 Å². The minimum atomic E-state index is -0.213. The number of hydrogen-bond donors (Lipinski definition) is 2. The van der Waals surface area contributed by atoms with E-state index in [1.165, 1.54) is 19.3 Å². The Morgan fingerprint density at radius 2 is 1.82 bits per heavy atom. The van der Waals surface area contributed by atoms with Gasteiger partial charge in [0.15, 0.2) is 0 Å². The Bertz CT molecular complexity index is 234. The maximum Gasteiger partial charge on any atom is 0.407 e. The van der Waals surface area contributed by atoms with Gasteiger partial charge in [0.05, 0.1) is 6.61 Å². The van der Waals surface area contributed by atoms with Crippen LogP contribution in [0.5, 0.6) is 0 Å². The van der Waals surface area contributed by atoms with Gasteiger partial charge in [-0.3, -0.25) is 0 Å². The number of hydrogen-bond acceptors (Lipinski definition) is 3. The van der Waals surface area contributed by atoms with Crippen LogP contribution in [0.1, 0.15) is 44.9 Å². The van der Waals surface area contributed by atoms with E-state index in [0.29, 0.717) is 18.6 Å². The van der Waals surface area contributed by atoms with E-state index in [2.05, 4.69) is 10.6 Å². The average molecular weight is 240 g/mol. The van der Waals surface area contributed by atoms with E-state index in [9.17, 15) is 4.79 Å². The standard InChI is InChI=1S/C13H24N2O2/c16-13(15-12-4-2-1-3-5-12)17-10-11-6-8-14-9-7-11/h11-12,14H,1-10H2,(H,15,16). The summed E-state index contributed by atoms with van der Waals surface area (Å²) in [6.07, 6.45) is 8.04. The molecule has 0 spiro atoms. The van der Waals surface area contributed by atoms with Crippen molar-refractivity contribution in [1.82, 2.24) is 10.6 Å². The fraction of sp³-hybridized carbons (Fsp3) is 0.923. The number of alkyl carbamates (subject to hydrolysis) is 1. The Labute approximate surface area is 103 Å². The third-order valence-electron chi connectivity index (χ3n) is 3.84. The zero-order valence-electron chi connectivity index (χ0n) is 10.5. The molecule has 1 aliphatic heterocycles. The number of nitrogens with one attached hydrogen (secondary N) is 2. The molecule has 2 fully saturated rings. The molecule has 0 unspecified atom stereocenters. The fourth-order valence-electron chi connectivity index (χ4n) is 2.70. The molecule has 4 nitrogen and oxygen atoms in total. The number of carbonyl (C=O) groups excluding carboxylic acids is 1. The van der Waals surface area contributed by atoms with Crippen molar-refractivity contribution in [3.63, 3.8) is 0 Å². The summed E-state index contributed by atoms with van der Waals surface area (Å²) in [7, 11) is 0. The fourth-order valence-corrected chi connectivity index (χ4v) is 2.70. The van der Waals surface area contributed by atoms with E-state index in [4.69, 9.17) is 4.74 Å². The normalized spacial score (nSPS) is 23.3. The van der Waals surface area contributed by atoms with E-state index in [0.717, 1.165) is 38.8 Å². The maximum atomic E-state index is 11.6. The van der Waals surface area contributed by atoms with Crippen molar-refractivity contribution >= 4 is 6.09 Å². The molecule has 0 aromatic carbocycles. The topological polar surface area (TPSA) is 50.4 Å². The first-order chi connectivity index (χ1) is 8.34. The summed E-state index contributed by atoms with van der Waals surface area (Å²) in [5, 5.41) is 6.29. The summed E-state index contributed by atoms with van der Waals surface area (Å²) in [4.78, 5) is 11.6. The Morgan fingerprint density at radius 1 is 1.12 bits per heavy atom. The molecule has 0 atom stereocenters. The van der Waals surface area contributed by atoms with Crippen molar-refractivity contribution < 1.29 is 9.53 Å². The maximum absolute atomic E-state index is 11.6. The lowest BCUT2D eigenvalue weighted by molar-refractivity contribution is 0.113. The lowest BCUT2D eigenvalue weighted by Crippen LogP contribution is -2.38. The monoisotopic (exact) mass is 240 g/mol. The van der Waals surface area contributed by atoms with Crippen molar-refractivity contribution in [1.29, 1.82) is 0 Å². The minimum absolute atomic E-state index is 0.213. The second kappa shape index (κ2) is 6.84. The van der Waals surface area contributed by atoms with Gasteiger partial charge in [-0.15, -0.1) is 0 Å². The molecule has 0 radical (unpaired) electrons. The predicted octanol–water partition coefficient (Wildman–Crippen LogP) is 2.04. The highest BCUT2D eigenvalue weighted by molar-refractivity contribution is 5.67. The van der Waals surface area contributed by atoms with Crippen LogP contribution in [0.4, 0.5) is 4.79 Å². The van der Waals surface area contributed by atoms with Crippen LogP contribution in [0.2, 0.25) is 0 Å². The lowest BCUT2D eigenvalue weighted by atomic mass is 9.96. The zero-order chi connectivity index (χ0) is 11.9. The van der Waals surface area contributed by atoms with Gasteiger partial charge in [0.25, 0.3) is 0 Å². The zero-order valence-corrected chi connectivity index (χ0v) is 10.5. The molecule has 2 rings (SSSR count). The van der Waals surface area contributed by atoms with Crippen LogP contribution >= 0.6 is 0 Å². The molecule has 4 heteroatoms. The average Bonchev–Trinajstić information content (AvgIpc) is 2.39. The number of amides is 1. The second-order valence-electron chi connectivity index (χ2n) is 5.27. The molecule has 1 aliphatic carbocycles. The molecular weight excluding hydrogens is 216 g/mol. The van der Waals surface area contributed by atoms with Crippen LogP contribution in [0, 0.1) is 5.92 Å². The van der Waals surface area contributed by atoms with E-state index in [1.54, 1.807) is 0 Å². The molecule has 0 bridgehead atoms. The summed E-state index contributed by atoms with van der Waals surface area (Å²) < 4.78 is 5.31. The van der Waals surface area contributed by atoms with Gasteiger partial charge < -0.3 is 15.4 Å². The Balaban J connectivity index is 1.59. The molecule has 0 aromatic heterocycles. The van der Waals surface area contributed by atoms with Gasteiger partial charge in [0.2, 0.25) is 0 Å². The lowest BCUT2D eigenvalue weighted by Gasteiger charge is -2.24. The first kappa shape index (κ1) is 12.7. The molecule has 98 valence electrons. The molecule has 1 amide bonds. The quantitative estimate of drug-likeness (QED) is 0.793. The van der Waals surface area contributed by atoms with E-state index < -0.39 is 0 Å². The minimum Gasteiger partial charge on any atom is -0.449 e. The van der Waals surface area contributed by atoms with Crippen LogP contribution in [0.15, 0.2) is 0 Å². The highest BCUT2D eigenvalue weighted by Gasteiger charge is 2.18. The first-order valence-electron chi connectivity index (χ1n) is 6.98. The second-order valence-corrected chi connectivity index (χ2v) is 5.27. The van der Waals surface area contributed by atoms with Crippen molar-refractivity contribution in [3.8, 4) is 0 Å². The number of rotatable bonds is 3. The molecule has 2 aliphatic rings. The van der Waals surface area contributed by atoms with Gasteiger partial charge in [-0.2, -0.15) is 0 Å². The molecule has 1 heterocycles. The van der Waals surface area contributed by atoms with E-state index >= 15 is 0 Å². The van der Waals surface area contributed by atoms with Gasteiger partial charge in [-0.1, -0.05) is 19.3 Å². The van der Waals surface area contributed by atoms with Gasteiger partial charge in [-0.25, -0.2) is 4.79 Å². The molecule has 17 heavy (non-hydrogen) atoms. The van der Waals surface area contributed by atoms with Crippen molar-refractivity contribution in [2.75, 3.05) is 19.7 Å². The summed E-state index contributed by atoms with van der Waals surface area (Å²) >= 11 is 0. The smallest absolute Gasteiger partial charge is 0.407 e. The van der Waals surface area contributed by atoms with Crippen molar-refractivity contribution in [2.24, 2.45) is 5.92 Å². The van der Waals surface area contributed by atoms with Gasteiger partial charge in [0, 0.05) is 6.04 Å². The Hall–Kier alpha value is -0.770. The molecule has 2 N–H and O–H groups in total.